The van der Waals surface area contributed by atoms with Crippen LogP contribution >= 0.6 is 11.6 Å². The molecule has 2 amide bonds. The molecule has 3 rings (SSSR count). The van der Waals surface area contributed by atoms with E-state index in [1.165, 1.54) is 42.3 Å². The van der Waals surface area contributed by atoms with E-state index in [9.17, 15) is 18.0 Å². The highest BCUT2D eigenvalue weighted by Crippen LogP contribution is 2.32. The van der Waals surface area contributed by atoms with E-state index >= 15 is 0 Å². The van der Waals surface area contributed by atoms with Crippen molar-refractivity contribution in [1.82, 2.24) is 10.2 Å². The molecule has 1 N–H and O–H groups in total. The van der Waals surface area contributed by atoms with Crippen LogP contribution in [0.2, 0.25) is 5.02 Å². The van der Waals surface area contributed by atoms with Crippen molar-refractivity contribution >= 4 is 39.1 Å². The van der Waals surface area contributed by atoms with Gasteiger partial charge in [-0.25, -0.2) is 8.42 Å². The molecule has 1 atom stereocenters. The van der Waals surface area contributed by atoms with Crippen LogP contribution in [0.3, 0.4) is 0 Å². The fourth-order valence-corrected chi connectivity index (χ4v) is 5.61. The van der Waals surface area contributed by atoms with Crippen LogP contribution < -0.4 is 14.4 Å². The van der Waals surface area contributed by atoms with Gasteiger partial charge in [-0.1, -0.05) is 54.1 Å². The Balaban J connectivity index is 2.06. The third-order valence-electron chi connectivity index (χ3n) is 6.15. The normalized spacial score (nSPS) is 11.9. The van der Waals surface area contributed by atoms with Gasteiger partial charge in [0.15, 0.2) is 0 Å². The molecule has 0 saturated heterocycles. The molecule has 0 aliphatic heterocycles. The van der Waals surface area contributed by atoms with E-state index in [1.54, 1.807) is 32.0 Å². The van der Waals surface area contributed by atoms with Crippen LogP contribution in [0, 0.1) is 6.92 Å². The van der Waals surface area contributed by atoms with Crippen molar-refractivity contribution in [3.05, 3.63) is 88.9 Å². The van der Waals surface area contributed by atoms with Crippen molar-refractivity contribution in [3.8, 4) is 5.75 Å². The predicted octanol–water partition coefficient (Wildman–Crippen LogP) is 4.41. The van der Waals surface area contributed by atoms with E-state index in [0.717, 1.165) is 15.4 Å². The van der Waals surface area contributed by atoms with Gasteiger partial charge in [-0.05, 0) is 62.2 Å². The van der Waals surface area contributed by atoms with Gasteiger partial charge in [0.25, 0.3) is 10.0 Å². The van der Waals surface area contributed by atoms with Crippen LogP contribution in [0.15, 0.2) is 77.7 Å². The number of carbonyl (C=O) groups excluding carboxylic acids is 2. The minimum Gasteiger partial charge on any atom is -0.495 e. The molecule has 0 heterocycles. The summed E-state index contributed by atoms with van der Waals surface area (Å²) >= 11 is 6.33. The van der Waals surface area contributed by atoms with E-state index < -0.39 is 28.5 Å². The zero-order valence-electron chi connectivity index (χ0n) is 21.8. The summed E-state index contributed by atoms with van der Waals surface area (Å²) in [5.74, 6) is -0.511. The molecule has 0 radical (unpaired) electrons. The van der Waals surface area contributed by atoms with Crippen LogP contribution in [0.4, 0.5) is 5.69 Å². The van der Waals surface area contributed by atoms with Crippen LogP contribution in [0.1, 0.15) is 25.0 Å². The van der Waals surface area contributed by atoms with E-state index in [4.69, 9.17) is 16.3 Å². The number of likely N-dealkylation sites (N-methyl/N-ethyl adjacent to an activating group) is 1. The number of carbonyl (C=O) groups is 2. The van der Waals surface area contributed by atoms with Gasteiger partial charge in [-0.15, -0.1) is 0 Å². The Morgan fingerprint density at radius 3 is 2.29 bits per heavy atom. The number of ether oxygens (including phenoxy) is 1. The third-order valence-corrected chi connectivity index (χ3v) is 8.24. The van der Waals surface area contributed by atoms with Crippen molar-refractivity contribution in [2.45, 2.75) is 38.3 Å². The lowest BCUT2D eigenvalue weighted by Gasteiger charge is -2.32. The van der Waals surface area contributed by atoms with Gasteiger partial charge in [0.2, 0.25) is 11.8 Å². The van der Waals surface area contributed by atoms with Crippen molar-refractivity contribution < 1.29 is 22.7 Å². The number of benzene rings is 3. The number of aryl methyl sites for hydroxylation is 1. The lowest BCUT2D eigenvalue weighted by molar-refractivity contribution is -0.139. The molecule has 8 nitrogen and oxygen atoms in total. The molecule has 0 unspecified atom stereocenters. The van der Waals surface area contributed by atoms with Crippen molar-refractivity contribution in [2.24, 2.45) is 0 Å². The topological polar surface area (TPSA) is 96.0 Å². The summed E-state index contributed by atoms with van der Waals surface area (Å²) in [7, 11) is -2.72. The van der Waals surface area contributed by atoms with Gasteiger partial charge < -0.3 is 15.0 Å². The first-order valence-electron chi connectivity index (χ1n) is 12.1. The quantitative estimate of drug-likeness (QED) is 0.377. The highest BCUT2D eigenvalue weighted by atomic mass is 35.5. The SMILES string of the molecule is CCNC(=O)[C@H](C)N(Cc1ccccc1C)C(=O)CN(c1ccc(OC)c(Cl)c1)S(=O)(=O)c1ccccc1. The van der Waals surface area contributed by atoms with Crippen LogP contribution in [-0.4, -0.2) is 51.4 Å². The fraction of sp³-hybridized carbons (Fsp3) is 0.286. The average Bonchev–Trinajstić information content (AvgIpc) is 2.91. The summed E-state index contributed by atoms with van der Waals surface area (Å²) < 4.78 is 33.8. The summed E-state index contributed by atoms with van der Waals surface area (Å²) in [6.45, 7) is 5.32. The zero-order chi connectivity index (χ0) is 27.9. The predicted molar refractivity (Wildman–Crippen MR) is 149 cm³/mol. The maximum Gasteiger partial charge on any atom is 0.264 e. The van der Waals surface area contributed by atoms with Gasteiger partial charge >= 0.3 is 0 Å². The molecular weight excluding hydrogens is 526 g/mol. The minimum absolute atomic E-state index is 0.0157. The van der Waals surface area contributed by atoms with Gasteiger partial charge in [-0.3, -0.25) is 13.9 Å². The summed E-state index contributed by atoms with van der Waals surface area (Å²) in [5.41, 5.74) is 1.99. The standard InChI is InChI=1S/C28H32ClN3O5S/c1-5-30-28(34)21(3)31(18-22-12-10-9-11-20(22)2)27(33)19-32(23-15-16-26(37-4)25(29)17-23)38(35,36)24-13-7-6-8-14-24/h6-17,21H,5,18-19H2,1-4H3,(H,30,34)/t21-/m0/s1. The van der Waals surface area contributed by atoms with E-state index in [0.29, 0.717) is 12.3 Å². The Kier molecular flexibility index (Phi) is 9.77. The first-order valence-corrected chi connectivity index (χ1v) is 13.9. The number of methoxy groups -OCH3 is 1. The number of anilines is 1. The lowest BCUT2D eigenvalue weighted by Crippen LogP contribution is -2.51. The third kappa shape index (κ3) is 6.65. The molecule has 0 saturated carbocycles. The van der Waals surface area contributed by atoms with Crippen LogP contribution in [0.5, 0.6) is 5.75 Å². The largest absolute Gasteiger partial charge is 0.495 e. The molecule has 202 valence electrons. The number of sulfonamides is 1. The van der Waals surface area contributed by atoms with E-state index in [1.807, 2.05) is 31.2 Å². The van der Waals surface area contributed by atoms with Gasteiger partial charge in [-0.2, -0.15) is 0 Å². The molecule has 10 heteroatoms. The average molecular weight is 558 g/mol. The lowest BCUT2D eigenvalue weighted by atomic mass is 10.1. The molecule has 0 aromatic heterocycles. The first-order chi connectivity index (χ1) is 18.1. The second-order valence-corrected chi connectivity index (χ2v) is 10.9. The Hall–Kier alpha value is -3.56. The molecule has 0 aliphatic rings. The molecular formula is C28H32ClN3O5S. The molecule has 3 aromatic rings. The molecule has 38 heavy (non-hydrogen) atoms. The maximum absolute atomic E-state index is 13.9. The Labute approximate surface area is 229 Å². The summed E-state index contributed by atoms with van der Waals surface area (Å²) in [6, 6.07) is 19.0. The highest BCUT2D eigenvalue weighted by Gasteiger charge is 2.32. The van der Waals surface area contributed by atoms with Gasteiger partial charge in [0, 0.05) is 13.1 Å². The summed E-state index contributed by atoms with van der Waals surface area (Å²) in [6.07, 6.45) is 0. The Bertz CT molecular complexity index is 1380. The van der Waals surface area contributed by atoms with Crippen molar-refractivity contribution in [1.29, 1.82) is 0 Å². The number of nitrogens with zero attached hydrogens (tertiary/aromatic N) is 2. The first kappa shape index (κ1) is 29.0. The monoisotopic (exact) mass is 557 g/mol. The number of hydrogen-bond donors (Lipinski definition) is 1. The number of nitrogens with one attached hydrogen (secondary N) is 1. The Morgan fingerprint density at radius 1 is 1.03 bits per heavy atom. The molecule has 0 spiro atoms. The number of hydrogen-bond acceptors (Lipinski definition) is 5. The molecule has 3 aromatic carbocycles. The maximum atomic E-state index is 13.9. The molecule has 0 bridgehead atoms. The van der Waals surface area contributed by atoms with E-state index in [-0.39, 0.29) is 28.1 Å². The van der Waals surface area contributed by atoms with E-state index in [2.05, 4.69) is 5.32 Å². The highest BCUT2D eigenvalue weighted by molar-refractivity contribution is 7.92. The smallest absolute Gasteiger partial charge is 0.264 e. The number of rotatable bonds is 11. The second-order valence-electron chi connectivity index (χ2n) is 8.66. The minimum atomic E-state index is -4.17. The molecule has 0 aliphatic carbocycles. The van der Waals surface area contributed by atoms with Crippen molar-refractivity contribution in [2.75, 3.05) is 24.5 Å². The number of amides is 2. The fourth-order valence-electron chi connectivity index (χ4n) is 3.93. The van der Waals surface area contributed by atoms with Crippen LogP contribution in [-0.2, 0) is 26.2 Å². The zero-order valence-corrected chi connectivity index (χ0v) is 23.4. The summed E-state index contributed by atoms with van der Waals surface area (Å²) in [5, 5.41) is 2.94. The number of halogens is 1. The van der Waals surface area contributed by atoms with Crippen molar-refractivity contribution in [3.63, 3.8) is 0 Å². The van der Waals surface area contributed by atoms with Crippen LogP contribution in [0.25, 0.3) is 0 Å². The van der Waals surface area contributed by atoms with Gasteiger partial charge in [0.1, 0.15) is 18.3 Å². The summed E-state index contributed by atoms with van der Waals surface area (Å²) in [4.78, 5) is 28.1. The second kappa shape index (κ2) is 12.8. The Morgan fingerprint density at radius 2 is 1.68 bits per heavy atom. The van der Waals surface area contributed by atoms with Gasteiger partial charge in [0.05, 0.1) is 22.7 Å². The molecule has 0 fully saturated rings.